The molecule has 0 saturated heterocycles. The van der Waals surface area contributed by atoms with Gasteiger partial charge in [0.2, 0.25) is 0 Å². The third kappa shape index (κ3) is 7.15. The molecular weight excluding hydrogens is 897 g/mol. The summed E-state index contributed by atoms with van der Waals surface area (Å²) in [5.41, 5.74) is 17.9. The van der Waals surface area contributed by atoms with Crippen LogP contribution in [-0.2, 0) is 0 Å². The Morgan fingerprint density at radius 3 is 0.770 bits per heavy atom. The number of benzene rings is 12. The van der Waals surface area contributed by atoms with Gasteiger partial charge in [-0.05, 0) is 130 Å². The lowest BCUT2D eigenvalue weighted by atomic mass is 9.91. The van der Waals surface area contributed by atoms with Crippen molar-refractivity contribution in [1.82, 2.24) is 9.13 Å². The molecule has 0 aliphatic carbocycles. The van der Waals surface area contributed by atoms with E-state index in [0.29, 0.717) is 0 Å². The second-order valence-corrected chi connectivity index (χ2v) is 18.9. The third-order valence-electron chi connectivity index (χ3n) is 14.7. The van der Waals surface area contributed by atoms with E-state index in [-0.39, 0.29) is 0 Å². The van der Waals surface area contributed by atoms with Crippen LogP contribution in [0.25, 0.3) is 88.0 Å². The standard InChI is InChI=1S/C70H48N4/c1-5-23-51(24-6-1)71(52-25-7-2-8-26-52)69-47-49(41-45-67(69)73-63-37-19-15-33-59(63)60-34-16-20-38-64(60)73)55-43-44-56(58-32-14-13-31-57(55)58)50-42-46-68(74-65-39-21-17-35-61(65)62-36-18-22-40-66(62)74)70(48-50)72(53-27-9-3-10-28-53)54-29-11-4-12-30-54/h1-48H. The predicted octanol–water partition coefficient (Wildman–Crippen LogP) is 19.3. The zero-order valence-electron chi connectivity index (χ0n) is 40.5. The number of hydrogen-bond acceptors (Lipinski definition) is 2. The molecule has 0 bridgehead atoms. The van der Waals surface area contributed by atoms with Gasteiger partial charge in [-0.1, -0.05) is 194 Å². The minimum absolute atomic E-state index is 1.08. The summed E-state index contributed by atoms with van der Waals surface area (Å²) in [7, 11) is 0. The van der Waals surface area contributed by atoms with Crippen LogP contribution < -0.4 is 9.80 Å². The first-order valence-corrected chi connectivity index (χ1v) is 25.3. The van der Waals surface area contributed by atoms with Gasteiger partial charge in [-0.3, -0.25) is 0 Å². The van der Waals surface area contributed by atoms with Crippen molar-refractivity contribution in [2.45, 2.75) is 0 Å². The van der Waals surface area contributed by atoms with E-state index >= 15 is 0 Å². The van der Waals surface area contributed by atoms with E-state index in [9.17, 15) is 0 Å². The van der Waals surface area contributed by atoms with Gasteiger partial charge in [0.1, 0.15) is 0 Å². The molecule has 0 radical (unpaired) electrons. The summed E-state index contributed by atoms with van der Waals surface area (Å²) in [6, 6.07) is 106. The first kappa shape index (κ1) is 42.9. The highest BCUT2D eigenvalue weighted by Gasteiger charge is 2.25. The van der Waals surface area contributed by atoms with Crippen molar-refractivity contribution in [1.29, 1.82) is 0 Å². The molecule has 0 unspecified atom stereocenters. The summed E-state index contributed by atoms with van der Waals surface area (Å²) in [6.45, 7) is 0. The summed E-state index contributed by atoms with van der Waals surface area (Å²) in [4.78, 5) is 4.81. The minimum Gasteiger partial charge on any atom is -0.308 e. The topological polar surface area (TPSA) is 16.3 Å². The molecule has 4 nitrogen and oxygen atoms in total. The molecular formula is C70H48N4. The lowest BCUT2D eigenvalue weighted by Crippen LogP contribution is -2.13. The number of hydrogen-bond donors (Lipinski definition) is 0. The number of rotatable bonds is 10. The van der Waals surface area contributed by atoms with E-state index < -0.39 is 0 Å². The van der Waals surface area contributed by atoms with Crippen LogP contribution in [0.15, 0.2) is 291 Å². The van der Waals surface area contributed by atoms with Crippen LogP contribution in [0.1, 0.15) is 0 Å². The van der Waals surface area contributed by atoms with Gasteiger partial charge in [-0.15, -0.1) is 0 Å². The highest BCUT2D eigenvalue weighted by molar-refractivity contribution is 6.12. The molecule has 0 amide bonds. The van der Waals surface area contributed by atoms with Gasteiger partial charge in [0.05, 0.1) is 44.8 Å². The molecule has 0 atom stereocenters. The van der Waals surface area contributed by atoms with E-state index in [0.717, 1.165) is 67.8 Å². The molecule has 0 aliphatic heterocycles. The largest absolute Gasteiger partial charge is 0.308 e. The zero-order valence-corrected chi connectivity index (χ0v) is 40.5. The average molecular weight is 945 g/mol. The number of aromatic nitrogens is 2. The summed E-state index contributed by atoms with van der Waals surface area (Å²) >= 11 is 0. The smallest absolute Gasteiger partial charge is 0.0708 e. The third-order valence-corrected chi connectivity index (χ3v) is 14.7. The van der Waals surface area contributed by atoms with Gasteiger partial charge < -0.3 is 18.9 Å². The maximum absolute atomic E-state index is 2.44. The minimum atomic E-state index is 1.08. The van der Waals surface area contributed by atoms with Crippen molar-refractivity contribution >= 4 is 88.5 Å². The molecule has 2 heterocycles. The van der Waals surface area contributed by atoms with Crippen molar-refractivity contribution in [2.75, 3.05) is 9.80 Å². The predicted molar refractivity (Wildman–Crippen MR) is 313 cm³/mol. The molecule has 12 aromatic carbocycles. The van der Waals surface area contributed by atoms with Crippen LogP contribution in [0.5, 0.6) is 0 Å². The monoisotopic (exact) mass is 944 g/mol. The Balaban J connectivity index is 0.995. The van der Waals surface area contributed by atoms with E-state index in [4.69, 9.17) is 0 Å². The lowest BCUT2D eigenvalue weighted by molar-refractivity contribution is 1.15. The van der Waals surface area contributed by atoms with Gasteiger partial charge in [0, 0.05) is 44.3 Å². The summed E-state index contributed by atoms with van der Waals surface area (Å²) in [5, 5.41) is 7.28. The van der Waals surface area contributed by atoms with Crippen molar-refractivity contribution in [3.8, 4) is 33.6 Å². The van der Waals surface area contributed by atoms with E-state index in [2.05, 4.69) is 310 Å². The Morgan fingerprint density at radius 2 is 0.473 bits per heavy atom. The Hall–Kier alpha value is -9.90. The van der Waals surface area contributed by atoms with Gasteiger partial charge in [0.25, 0.3) is 0 Å². The SMILES string of the molecule is c1ccc(N(c2ccccc2)c2cc(-c3ccc(-c4ccc(-n5c6ccccc6c6ccccc65)c(N(c5ccccc5)c5ccccc5)c4)c4ccccc34)ccc2-n2c3ccccc3c3ccccc32)cc1. The van der Waals surface area contributed by atoms with Crippen LogP contribution in [0, 0.1) is 0 Å². The first-order chi connectivity index (χ1) is 36.8. The number of fused-ring (bicyclic) bond motifs is 7. The normalized spacial score (nSPS) is 11.5. The Bertz CT molecular complexity index is 3900. The summed E-state index contributed by atoms with van der Waals surface area (Å²) < 4.78 is 4.89. The fourth-order valence-electron chi connectivity index (χ4n) is 11.4. The Morgan fingerprint density at radius 1 is 0.216 bits per heavy atom. The molecule has 0 N–H and O–H groups in total. The molecule has 0 aliphatic rings. The van der Waals surface area contributed by atoms with Crippen LogP contribution >= 0.6 is 0 Å². The fraction of sp³-hybridized carbons (Fsp3) is 0. The highest BCUT2D eigenvalue weighted by Crippen LogP contribution is 2.47. The fourth-order valence-corrected chi connectivity index (χ4v) is 11.4. The number of anilines is 6. The van der Waals surface area contributed by atoms with E-state index in [1.54, 1.807) is 0 Å². The van der Waals surface area contributed by atoms with Crippen molar-refractivity contribution < 1.29 is 0 Å². The highest BCUT2D eigenvalue weighted by atomic mass is 15.2. The molecule has 14 rings (SSSR count). The summed E-state index contributed by atoms with van der Waals surface area (Å²) in [6.07, 6.45) is 0. The maximum Gasteiger partial charge on any atom is 0.0708 e. The molecule has 2 aromatic heterocycles. The van der Waals surface area contributed by atoms with Gasteiger partial charge in [-0.2, -0.15) is 0 Å². The molecule has 348 valence electrons. The van der Waals surface area contributed by atoms with Gasteiger partial charge in [0.15, 0.2) is 0 Å². The molecule has 0 spiro atoms. The second kappa shape index (κ2) is 18.1. The van der Waals surface area contributed by atoms with E-state index in [1.807, 2.05) is 0 Å². The lowest BCUT2D eigenvalue weighted by Gasteiger charge is -2.29. The first-order valence-electron chi connectivity index (χ1n) is 25.3. The molecule has 4 heteroatoms. The average Bonchev–Trinajstić information content (AvgIpc) is 3.99. The number of nitrogens with zero attached hydrogens (tertiary/aromatic N) is 4. The van der Waals surface area contributed by atoms with Crippen molar-refractivity contribution in [3.63, 3.8) is 0 Å². The molecule has 0 fully saturated rings. The van der Waals surface area contributed by atoms with Crippen molar-refractivity contribution in [3.05, 3.63) is 291 Å². The van der Waals surface area contributed by atoms with Gasteiger partial charge in [-0.25, -0.2) is 0 Å². The van der Waals surface area contributed by atoms with Crippen molar-refractivity contribution in [2.24, 2.45) is 0 Å². The van der Waals surface area contributed by atoms with Gasteiger partial charge >= 0.3 is 0 Å². The molecule has 14 aromatic rings. The Labute approximate surface area is 430 Å². The maximum atomic E-state index is 2.44. The summed E-state index contributed by atoms with van der Waals surface area (Å²) in [5.74, 6) is 0. The number of para-hydroxylation sites is 8. The van der Waals surface area contributed by atoms with Crippen LogP contribution in [-0.4, -0.2) is 9.13 Å². The van der Waals surface area contributed by atoms with Crippen LogP contribution in [0.2, 0.25) is 0 Å². The molecule has 0 saturated carbocycles. The van der Waals surface area contributed by atoms with Crippen LogP contribution in [0.4, 0.5) is 34.1 Å². The zero-order chi connectivity index (χ0) is 49.0. The second-order valence-electron chi connectivity index (χ2n) is 18.9. The Kier molecular flexibility index (Phi) is 10.5. The van der Waals surface area contributed by atoms with Crippen LogP contribution in [0.3, 0.4) is 0 Å². The quantitative estimate of drug-likeness (QED) is 0.136. The molecule has 74 heavy (non-hydrogen) atoms. The van der Waals surface area contributed by atoms with E-state index in [1.165, 1.54) is 54.4 Å².